The number of fused-ring (bicyclic) bond motifs is 1. The first-order valence-electron chi connectivity index (χ1n) is 9.22. The highest BCUT2D eigenvalue weighted by molar-refractivity contribution is 5.75. The molecule has 0 aliphatic carbocycles. The van der Waals surface area contributed by atoms with Crippen LogP contribution in [0.4, 0.5) is 0 Å². The number of aliphatic hydroxyl groups is 1. The summed E-state index contributed by atoms with van der Waals surface area (Å²) in [6.45, 7) is 8.01. The van der Waals surface area contributed by atoms with Crippen LogP contribution >= 0.6 is 0 Å². The van der Waals surface area contributed by atoms with Crippen molar-refractivity contribution in [3.05, 3.63) is 66.0 Å². The van der Waals surface area contributed by atoms with Gasteiger partial charge in [0.05, 0.1) is 17.1 Å². The highest BCUT2D eigenvalue weighted by atomic mass is 16.3. The number of β-amino-alcohol motifs (C(OH)–C–C–N with tert-alkyl or cyclic N) is 1. The lowest BCUT2D eigenvalue weighted by atomic mass is 10.0. The van der Waals surface area contributed by atoms with E-state index in [1.165, 1.54) is 5.56 Å². The second-order valence-electron chi connectivity index (χ2n) is 7.97. The number of aliphatic hydroxyl groups excluding tert-OH is 1. The van der Waals surface area contributed by atoms with Crippen molar-refractivity contribution < 1.29 is 5.11 Å². The van der Waals surface area contributed by atoms with Crippen molar-refractivity contribution in [2.24, 2.45) is 7.05 Å². The molecule has 0 unspecified atom stereocenters. The molecule has 0 bridgehead atoms. The zero-order valence-electron chi connectivity index (χ0n) is 16.2. The Hall–Kier alpha value is -2.17. The summed E-state index contributed by atoms with van der Waals surface area (Å²) in [4.78, 5) is 7.02. The molecule has 1 N–H and O–H groups in total. The zero-order valence-corrected chi connectivity index (χ0v) is 16.2. The van der Waals surface area contributed by atoms with Gasteiger partial charge in [-0.3, -0.25) is 4.90 Å². The molecule has 0 saturated heterocycles. The number of hydrogen-bond donors (Lipinski definition) is 1. The van der Waals surface area contributed by atoms with Gasteiger partial charge in [0.2, 0.25) is 0 Å². The van der Waals surface area contributed by atoms with Gasteiger partial charge in [0.25, 0.3) is 0 Å². The van der Waals surface area contributed by atoms with Crippen LogP contribution in [0.2, 0.25) is 0 Å². The molecule has 0 aliphatic heterocycles. The summed E-state index contributed by atoms with van der Waals surface area (Å²) < 4.78 is 2.08. The van der Waals surface area contributed by atoms with Gasteiger partial charge in [-0.15, -0.1) is 0 Å². The van der Waals surface area contributed by atoms with Gasteiger partial charge in [-0.25, -0.2) is 4.98 Å². The van der Waals surface area contributed by atoms with Crippen LogP contribution in [-0.2, 0) is 20.0 Å². The highest BCUT2D eigenvalue weighted by Gasteiger charge is 2.25. The first-order chi connectivity index (χ1) is 12.3. The fraction of sp³-hybridized carbons (Fsp3) is 0.409. The number of nitrogens with zero attached hydrogens (tertiary/aromatic N) is 3. The molecule has 0 aliphatic rings. The lowest BCUT2D eigenvalue weighted by molar-refractivity contribution is 0.0518. The Bertz CT molecular complexity index is 849. The SMILES string of the molecule is Cn1c(C[C@H](O)CN(Cc2ccccc2)C(C)(C)C)nc2ccccc21. The molecule has 3 aromatic rings. The summed E-state index contributed by atoms with van der Waals surface area (Å²) in [5.74, 6) is 0.923. The first kappa shape index (κ1) is 18.6. The normalized spacial score (nSPS) is 13.5. The predicted molar refractivity (Wildman–Crippen MR) is 107 cm³/mol. The molecular weight excluding hydrogens is 322 g/mol. The maximum atomic E-state index is 10.8. The fourth-order valence-electron chi connectivity index (χ4n) is 3.29. The standard InChI is InChI=1S/C22H29N3O/c1-22(2,3)25(15-17-10-6-5-7-11-17)16-18(26)14-21-23-19-12-8-9-13-20(19)24(21)4/h5-13,18,26H,14-16H2,1-4H3/t18-/m0/s1. The van der Waals surface area contributed by atoms with Crippen LogP contribution in [0.15, 0.2) is 54.6 Å². The van der Waals surface area contributed by atoms with Gasteiger partial charge in [0, 0.05) is 32.1 Å². The van der Waals surface area contributed by atoms with Crippen LogP contribution in [-0.4, -0.2) is 37.7 Å². The Kier molecular flexibility index (Phi) is 5.44. The van der Waals surface area contributed by atoms with Gasteiger partial charge >= 0.3 is 0 Å². The molecule has 1 heterocycles. The van der Waals surface area contributed by atoms with Crippen molar-refractivity contribution >= 4 is 11.0 Å². The van der Waals surface area contributed by atoms with Crippen LogP contribution in [0.3, 0.4) is 0 Å². The molecular formula is C22H29N3O. The summed E-state index contributed by atoms with van der Waals surface area (Å²) in [7, 11) is 2.02. The average molecular weight is 351 g/mol. The first-order valence-corrected chi connectivity index (χ1v) is 9.22. The van der Waals surface area contributed by atoms with Crippen molar-refractivity contribution in [2.75, 3.05) is 6.54 Å². The Morgan fingerprint density at radius 2 is 1.69 bits per heavy atom. The van der Waals surface area contributed by atoms with Crippen LogP contribution in [0, 0.1) is 0 Å². The van der Waals surface area contributed by atoms with Crippen LogP contribution in [0.1, 0.15) is 32.2 Å². The fourth-order valence-corrected chi connectivity index (χ4v) is 3.29. The smallest absolute Gasteiger partial charge is 0.112 e. The average Bonchev–Trinajstić information content (AvgIpc) is 2.91. The topological polar surface area (TPSA) is 41.3 Å². The van der Waals surface area contributed by atoms with Crippen molar-refractivity contribution in [3.8, 4) is 0 Å². The molecule has 2 aromatic carbocycles. The molecule has 0 radical (unpaired) electrons. The van der Waals surface area contributed by atoms with Gasteiger partial charge in [0.15, 0.2) is 0 Å². The van der Waals surface area contributed by atoms with E-state index in [2.05, 4.69) is 60.6 Å². The molecule has 0 fully saturated rings. The van der Waals surface area contributed by atoms with E-state index in [1.807, 2.05) is 31.3 Å². The van der Waals surface area contributed by atoms with Crippen LogP contribution in [0.5, 0.6) is 0 Å². The molecule has 4 heteroatoms. The summed E-state index contributed by atoms with van der Waals surface area (Å²) in [5, 5.41) is 10.8. The maximum Gasteiger partial charge on any atom is 0.112 e. The maximum absolute atomic E-state index is 10.8. The van der Waals surface area contributed by atoms with Crippen molar-refractivity contribution in [1.82, 2.24) is 14.5 Å². The number of aromatic nitrogens is 2. The van der Waals surface area contributed by atoms with E-state index in [0.717, 1.165) is 23.4 Å². The molecule has 138 valence electrons. The number of hydrogen-bond acceptors (Lipinski definition) is 3. The monoisotopic (exact) mass is 351 g/mol. The van der Waals surface area contributed by atoms with Crippen molar-refractivity contribution in [1.29, 1.82) is 0 Å². The van der Waals surface area contributed by atoms with E-state index in [9.17, 15) is 5.11 Å². The van der Waals surface area contributed by atoms with E-state index >= 15 is 0 Å². The van der Waals surface area contributed by atoms with Gasteiger partial charge in [-0.05, 0) is 38.5 Å². The summed E-state index contributed by atoms with van der Waals surface area (Å²) in [6.07, 6.45) is 0.0838. The van der Waals surface area contributed by atoms with E-state index in [0.29, 0.717) is 13.0 Å². The molecule has 3 rings (SSSR count). The molecule has 1 atom stereocenters. The van der Waals surface area contributed by atoms with Crippen molar-refractivity contribution in [3.63, 3.8) is 0 Å². The summed E-state index contributed by atoms with van der Waals surface area (Å²) in [6, 6.07) is 18.5. The van der Waals surface area contributed by atoms with E-state index in [-0.39, 0.29) is 5.54 Å². The van der Waals surface area contributed by atoms with E-state index < -0.39 is 6.10 Å². The lowest BCUT2D eigenvalue weighted by Gasteiger charge is -2.37. The number of imidazole rings is 1. The lowest BCUT2D eigenvalue weighted by Crippen LogP contribution is -2.45. The number of rotatable bonds is 6. The quantitative estimate of drug-likeness (QED) is 0.735. The van der Waals surface area contributed by atoms with Gasteiger partial charge in [0.1, 0.15) is 5.82 Å². The molecule has 1 aromatic heterocycles. The highest BCUT2D eigenvalue weighted by Crippen LogP contribution is 2.20. The summed E-state index contributed by atoms with van der Waals surface area (Å²) >= 11 is 0. The largest absolute Gasteiger partial charge is 0.391 e. The third kappa shape index (κ3) is 4.32. The molecule has 4 nitrogen and oxygen atoms in total. The zero-order chi connectivity index (χ0) is 18.7. The Labute approximate surface area is 156 Å². The minimum atomic E-state index is -0.464. The van der Waals surface area contributed by atoms with Crippen LogP contribution < -0.4 is 0 Å². The molecule has 0 amide bonds. The number of benzene rings is 2. The molecule has 0 spiro atoms. The van der Waals surface area contributed by atoms with E-state index in [4.69, 9.17) is 4.98 Å². The van der Waals surface area contributed by atoms with Gasteiger partial charge in [-0.2, -0.15) is 0 Å². The van der Waals surface area contributed by atoms with E-state index in [1.54, 1.807) is 0 Å². The second-order valence-corrected chi connectivity index (χ2v) is 7.97. The van der Waals surface area contributed by atoms with Gasteiger partial charge in [-0.1, -0.05) is 42.5 Å². The Balaban J connectivity index is 1.72. The third-order valence-electron chi connectivity index (χ3n) is 4.89. The third-order valence-corrected chi connectivity index (χ3v) is 4.89. The number of aryl methyl sites for hydroxylation is 1. The predicted octanol–water partition coefficient (Wildman–Crippen LogP) is 3.78. The second kappa shape index (κ2) is 7.60. The van der Waals surface area contributed by atoms with Crippen LogP contribution in [0.25, 0.3) is 11.0 Å². The Morgan fingerprint density at radius 3 is 2.35 bits per heavy atom. The number of para-hydroxylation sites is 2. The molecule has 0 saturated carbocycles. The molecule has 26 heavy (non-hydrogen) atoms. The minimum absolute atomic E-state index is 0.0246. The van der Waals surface area contributed by atoms with Gasteiger partial charge < -0.3 is 9.67 Å². The summed E-state index contributed by atoms with van der Waals surface area (Å²) in [5.41, 5.74) is 3.32. The Morgan fingerprint density at radius 1 is 1.04 bits per heavy atom. The minimum Gasteiger partial charge on any atom is -0.391 e. The van der Waals surface area contributed by atoms with Crippen molar-refractivity contribution in [2.45, 2.75) is 45.4 Å².